The third kappa shape index (κ3) is 4.72. The highest BCUT2D eigenvalue weighted by Crippen LogP contribution is 2.23. The number of carbonyl (C=O) groups excluding carboxylic acids is 1. The highest BCUT2D eigenvalue weighted by atomic mass is 35.5. The fourth-order valence-corrected chi connectivity index (χ4v) is 3.12. The molecular weight excluding hydrogens is 384 g/mol. The van der Waals surface area contributed by atoms with Crippen LogP contribution in [0.25, 0.3) is 11.4 Å². The summed E-state index contributed by atoms with van der Waals surface area (Å²) in [6.45, 7) is 0. The minimum atomic E-state index is -0.145. The number of nitrogens with one attached hydrogen (secondary N) is 1. The molecule has 0 unspecified atom stereocenters. The number of nitrogen functional groups attached to an aromatic ring is 1. The molecule has 0 aliphatic heterocycles. The van der Waals surface area contributed by atoms with Crippen molar-refractivity contribution in [2.45, 2.75) is 5.16 Å². The normalized spacial score (nSPS) is 10.6. The van der Waals surface area contributed by atoms with Crippen molar-refractivity contribution in [2.24, 2.45) is 0 Å². The molecule has 140 valence electrons. The van der Waals surface area contributed by atoms with E-state index in [1.807, 2.05) is 55.4 Å². The molecule has 0 aliphatic carbocycles. The zero-order valence-corrected chi connectivity index (χ0v) is 16.5. The average Bonchev–Trinajstić information content (AvgIpc) is 3.02. The van der Waals surface area contributed by atoms with Gasteiger partial charge < -0.3 is 16.1 Å². The minimum Gasteiger partial charge on any atom is -0.378 e. The van der Waals surface area contributed by atoms with Crippen LogP contribution in [0.3, 0.4) is 0 Å². The van der Waals surface area contributed by atoms with Gasteiger partial charge in [0.05, 0.1) is 5.75 Å². The average molecular weight is 403 g/mol. The highest BCUT2D eigenvalue weighted by molar-refractivity contribution is 7.99. The molecule has 0 spiro atoms. The number of hydrogen-bond acceptors (Lipinski definition) is 6. The minimum absolute atomic E-state index is 0.145. The number of anilines is 2. The molecule has 27 heavy (non-hydrogen) atoms. The Balaban J connectivity index is 1.60. The van der Waals surface area contributed by atoms with E-state index in [0.29, 0.717) is 16.0 Å². The Labute approximate surface area is 166 Å². The lowest BCUT2D eigenvalue weighted by Gasteiger charge is -2.13. The summed E-state index contributed by atoms with van der Waals surface area (Å²) in [7, 11) is 3.93. The van der Waals surface area contributed by atoms with E-state index < -0.39 is 0 Å². The maximum Gasteiger partial charge on any atom is 0.234 e. The van der Waals surface area contributed by atoms with Crippen LogP contribution in [0.5, 0.6) is 0 Å². The van der Waals surface area contributed by atoms with Crippen LogP contribution in [-0.2, 0) is 4.79 Å². The molecule has 7 nitrogen and oxygen atoms in total. The standard InChI is InChI=1S/C18H19ClN6OS/c1-24(2)15-9-7-14(8-10-15)21-16(26)11-27-18-23-22-17(25(18)20)12-3-5-13(19)6-4-12/h3-10H,11,20H2,1-2H3,(H,21,26). The second-order valence-electron chi connectivity index (χ2n) is 5.96. The zero-order chi connectivity index (χ0) is 19.4. The number of benzene rings is 2. The van der Waals surface area contributed by atoms with Gasteiger partial charge in [-0.1, -0.05) is 23.4 Å². The second kappa shape index (κ2) is 8.32. The SMILES string of the molecule is CN(C)c1ccc(NC(=O)CSc2nnc(-c3ccc(Cl)cc3)n2N)cc1. The van der Waals surface area contributed by atoms with Crippen molar-refractivity contribution in [2.75, 3.05) is 35.9 Å². The van der Waals surface area contributed by atoms with E-state index in [0.717, 1.165) is 16.9 Å². The van der Waals surface area contributed by atoms with E-state index in [-0.39, 0.29) is 11.7 Å². The summed E-state index contributed by atoms with van der Waals surface area (Å²) < 4.78 is 1.37. The van der Waals surface area contributed by atoms with Crippen molar-refractivity contribution in [1.29, 1.82) is 0 Å². The van der Waals surface area contributed by atoms with Gasteiger partial charge in [0, 0.05) is 36.1 Å². The van der Waals surface area contributed by atoms with Crippen LogP contribution in [0.1, 0.15) is 0 Å². The molecule has 0 atom stereocenters. The lowest BCUT2D eigenvalue weighted by atomic mass is 10.2. The Hall–Kier alpha value is -2.71. The van der Waals surface area contributed by atoms with Crippen molar-refractivity contribution in [1.82, 2.24) is 14.9 Å². The van der Waals surface area contributed by atoms with Crippen LogP contribution < -0.4 is 16.1 Å². The Morgan fingerprint density at radius 1 is 1.15 bits per heavy atom. The van der Waals surface area contributed by atoms with Gasteiger partial charge in [-0.3, -0.25) is 4.79 Å². The van der Waals surface area contributed by atoms with Crippen molar-refractivity contribution < 1.29 is 4.79 Å². The number of amides is 1. The van der Waals surface area contributed by atoms with Crippen LogP contribution in [-0.4, -0.2) is 40.6 Å². The number of nitrogens with two attached hydrogens (primary N) is 1. The summed E-state index contributed by atoms with van der Waals surface area (Å²) in [6, 6.07) is 14.8. The molecule has 0 saturated heterocycles. The first kappa shape index (κ1) is 19.1. The number of hydrogen-bond donors (Lipinski definition) is 2. The fraction of sp³-hybridized carbons (Fsp3) is 0.167. The number of halogens is 1. The summed E-state index contributed by atoms with van der Waals surface area (Å²) in [5.74, 6) is 6.59. The summed E-state index contributed by atoms with van der Waals surface area (Å²) in [6.07, 6.45) is 0. The molecule has 3 N–H and O–H groups in total. The highest BCUT2D eigenvalue weighted by Gasteiger charge is 2.14. The summed E-state index contributed by atoms with van der Waals surface area (Å²) >= 11 is 7.11. The van der Waals surface area contributed by atoms with E-state index in [1.165, 1.54) is 16.4 Å². The number of carbonyl (C=O) groups is 1. The molecule has 3 rings (SSSR count). The van der Waals surface area contributed by atoms with E-state index in [1.54, 1.807) is 12.1 Å². The van der Waals surface area contributed by atoms with Gasteiger partial charge in [-0.25, -0.2) is 4.68 Å². The Morgan fingerprint density at radius 3 is 2.44 bits per heavy atom. The molecule has 0 bridgehead atoms. The molecule has 9 heteroatoms. The first-order valence-corrected chi connectivity index (χ1v) is 9.47. The number of rotatable bonds is 6. The Bertz CT molecular complexity index is 924. The van der Waals surface area contributed by atoms with Gasteiger partial charge in [-0.15, -0.1) is 10.2 Å². The first-order chi connectivity index (χ1) is 12.9. The van der Waals surface area contributed by atoms with Crippen molar-refractivity contribution in [3.63, 3.8) is 0 Å². The largest absolute Gasteiger partial charge is 0.378 e. The monoisotopic (exact) mass is 402 g/mol. The van der Waals surface area contributed by atoms with E-state index >= 15 is 0 Å². The smallest absolute Gasteiger partial charge is 0.234 e. The predicted octanol–water partition coefficient (Wildman–Crippen LogP) is 3.11. The number of thioether (sulfide) groups is 1. The lowest BCUT2D eigenvalue weighted by Crippen LogP contribution is -2.16. The molecule has 0 radical (unpaired) electrons. The van der Waals surface area contributed by atoms with Crippen LogP contribution >= 0.6 is 23.4 Å². The van der Waals surface area contributed by atoms with E-state index in [4.69, 9.17) is 17.4 Å². The number of aromatic nitrogens is 3. The summed E-state index contributed by atoms with van der Waals surface area (Å²) in [5, 5.41) is 12.1. The quantitative estimate of drug-likeness (QED) is 0.486. The second-order valence-corrected chi connectivity index (χ2v) is 7.34. The van der Waals surface area contributed by atoms with Crippen LogP contribution in [0.4, 0.5) is 11.4 Å². The van der Waals surface area contributed by atoms with Gasteiger partial charge in [0.15, 0.2) is 5.82 Å². The molecule has 0 fully saturated rings. The first-order valence-electron chi connectivity index (χ1n) is 8.10. The van der Waals surface area contributed by atoms with Crippen LogP contribution in [0.15, 0.2) is 53.7 Å². The van der Waals surface area contributed by atoms with Gasteiger partial charge in [-0.2, -0.15) is 0 Å². The molecule has 3 aromatic rings. The third-order valence-electron chi connectivity index (χ3n) is 3.77. The van der Waals surface area contributed by atoms with Crippen LogP contribution in [0, 0.1) is 0 Å². The molecule has 1 heterocycles. The van der Waals surface area contributed by atoms with E-state index in [2.05, 4.69) is 15.5 Å². The number of nitrogens with zero attached hydrogens (tertiary/aromatic N) is 4. The maximum atomic E-state index is 12.2. The maximum absolute atomic E-state index is 12.2. The van der Waals surface area contributed by atoms with Gasteiger partial charge in [0.1, 0.15) is 0 Å². The zero-order valence-electron chi connectivity index (χ0n) is 14.9. The molecule has 0 saturated carbocycles. The Kier molecular flexibility index (Phi) is 5.88. The van der Waals surface area contributed by atoms with E-state index in [9.17, 15) is 4.79 Å². The lowest BCUT2D eigenvalue weighted by molar-refractivity contribution is -0.113. The topological polar surface area (TPSA) is 89.1 Å². The van der Waals surface area contributed by atoms with Crippen molar-refractivity contribution in [3.05, 3.63) is 53.6 Å². The molecule has 0 aliphatic rings. The Morgan fingerprint density at radius 2 is 1.81 bits per heavy atom. The molecule has 1 amide bonds. The predicted molar refractivity (Wildman–Crippen MR) is 111 cm³/mol. The van der Waals surface area contributed by atoms with Crippen molar-refractivity contribution in [3.8, 4) is 11.4 Å². The van der Waals surface area contributed by atoms with Gasteiger partial charge in [-0.05, 0) is 48.5 Å². The van der Waals surface area contributed by atoms with Crippen LogP contribution in [0.2, 0.25) is 5.02 Å². The van der Waals surface area contributed by atoms with Crippen molar-refractivity contribution >= 4 is 40.6 Å². The molecule has 1 aromatic heterocycles. The van der Waals surface area contributed by atoms with Gasteiger partial charge in [0.25, 0.3) is 0 Å². The summed E-state index contributed by atoms with van der Waals surface area (Å²) in [5.41, 5.74) is 2.60. The molecular formula is C18H19ClN6OS. The fourth-order valence-electron chi connectivity index (χ4n) is 2.34. The molecule has 2 aromatic carbocycles. The third-order valence-corrected chi connectivity index (χ3v) is 4.96. The van der Waals surface area contributed by atoms with Gasteiger partial charge in [0.2, 0.25) is 11.1 Å². The van der Waals surface area contributed by atoms with Gasteiger partial charge >= 0.3 is 0 Å². The summed E-state index contributed by atoms with van der Waals surface area (Å²) in [4.78, 5) is 14.2.